The Morgan fingerprint density at radius 1 is 1.11 bits per heavy atom. The second kappa shape index (κ2) is 10.3. The molecule has 0 bridgehead atoms. The Labute approximate surface area is 219 Å². The van der Waals surface area contributed by atoms with Crippen molar-refractivity contribution in [2.45, 2.75) is 76.2 Å². The number of benzene rings is 1. The lowest BCUT2D eigenvalue weighted by Crippen LogP contribution is -2.53. The maximum absolute atomic E-state index is 13.8. The lowest BCUT2D eigenvalue weighted by Gasteiger charge is -2.39. The van der Waals surface area contributed by atoms with Crippen LogP contribution in [0.4, 0.5) is 13.2 Å². The Hall–Kier alpha value is -2.92. The van der Waals surface area contributed by atoms with Gasteiger partial charge >= 0.3 is 6.18 Å². The van der Waals surface area contributed by atoms with E-state index >= 15 is 0 Å². The molecule has 2 saturated heterocycles. The number of aliphatic hydroxyl groups excluding tert-OH is 1. The smallest absolute Gasteiger partial charge is 0.395 e. The minimum Gasteiger partial charge on any atom is -0.395 e. The standard InChI is InChI=1S/C27H34F3N5O3/c1-16-24(25(18-6-7-18)35(32-16)21-5-3-4-19(14-21)27(28,29)30)26(38)33-11-8-20(9-12-33)34-13-10-22(23(34)15-36)31-17(2)37/h3-5,14,18,20,22-23,36H,6-13,15H2,1-2H3,(H,31,37)/t22-,23-/m1/s1. The van der Waals surface area contributed by atoms with E-state index in [0.29, 0.717) is 35.7 Å². The summed E-state index contributed by atoms with van der Waals surface area (Å²) in [6.07, 6.45) is -0.446. The number of piperidine rings is 1. The molecule has 3 heterocycles. The molecule has 2 amide bonds. The van der Waals surface area contributed by atoms with Gasteiger partial charge in [-0.25, -0.2) is 4.68 Å². The van der Waals surface area contributed by atoms with Crippen LogP contribution in [0.25, 0.3) is 5.69 Å². The fraction of sp³-hybridized carbons (Fsp3) is 0.593. The van der Waals surface area contributed by atoms with E-state index in [1.54, 1.807) is 13.0 Å². The Balaban J connectivity index is 1.33. The molecule has 11 heteroatoms. The number of aryl methyl sites for hydroxylation is 1. The van der Waals surface area contributed by atoms with Crippen molar-refractivity contribution in [2.75, 3.05) is 26.2 Å². The number of nitrogens with one attached hydrogen (secondary N) is 1. The van der Waals surface area contributed by atoms with Crippen molar-refractivity contribution in [2.24, 2.45) is 0 Å². The quantitative estimate of drug-likeness (QED) is 0.595. The summed E-state index contributed by atoms with van der Waals surface area (Å²) in [5.41, 5.74) is 1.29. The van der Waals surface area contributed by atoms with Crippen LogP contribution in [0.2, 0.25) is 0 Å². The van der Waals surface area contributed by atoms with Gasteiger partial charge in [0.25, 0.3) is 5.91 Å². The molecule has 5 rings (SSSR count). The molecule has 3 fully saturated rings. The fourth-order valence-electron chi connectivity index (χ4n) is 6.11. The average Bonchev–Trinajstić information content (AvgIpc) is 3.55. The Morgan fingerprint density at radius 2 is 1.82 bits per heavy atom. The number of hydrogen-bond donors (Lipinski definition) is 2. The largest absolute Gasteiger partial charge is 0.416 e. The van der Waals surface area contributed by atoms with Gasteiger partial charge in [-0.05, 0) is 57.2 Å². The number of likely N-dealkylation sites (tertiary alicyclic amines) is 2. The van der Waals surface area contributed by atoms with Crippen LogP contribution < -0.4 is 5.32 Å². The molecule has 0 spiro atoms. The molecule has 206 valence electrons. The zero-order valence-corrected chi connectivity index (χ0v) is 21.7. The van der Waals surface area contributed by atoms with Crippen LogP contribution in [0.5, 0.6) is 0 Å². The molecule has 1 aromatic heterocycles. The molecule has 2 N–H and O–H groups in total. The third-order valence-corrected chi connectivity index (χ3v) is 8.08. The highest BCUT2D eigenvalue weighted by Crippen LogP contribution is 2.44. The first-order valence-electron chi connectivity index (χ1n) is 13.3. The van der Waals surface area contributed by atoms with Gasteiger partial charge in [0.05, 0.1) is 40.9 Å². The maximum atomic E-state index is 13.8. The van der Waals surface area contributed by atoms with E-state index in [1.165, 1.54) is 17.7 Å². The molecule has 2 aliphatic heterocycles. The molecule has 3 aliphatic rings. The summed E-state index contributed by atoms with van der Waals surface area (Å²) >= 11 is 0. The zero-order valence-electron chi connectivity index (χ0n) is 21.7. The lowest BCUT2D eigenvalue weighted by molar-refractivity contribution is -0.137. The van der Waals surface area contributed by atoms with Crippen molar-refractivity contribution in [3.05, 3.63) is 46.8 Å². The van der Waals surface area contributed by atoms with E-state index in [-0.39, 0.29) is 42.5 Å². The minimum absolute atomic E-state index is 0.0389. The van der Waals surface area contributed by atoms with E-state index in [0.717, 1.165) is 50.8 Å². The Morgan fingerprint density at radius 3 is 2.42 bits per heavy atom. The fourth-order valence-corrected chi connectivity index (χ4v) is 6.11. The van der Waals surface area contributed by atoms with Crippen LogP contribution in [0.3, 0.4) is 0 Å². The molecular formula is C27H34F3N5O3. The summed E-state index contributed by atoms with van der Waals surface area (Å²) in [6.45, 7) is 5.05. The molecule has 38 heavy (non-hydrogen) atoms. The Kier molecular flexibility index (Phi) is 7.25. The molecule has 2 aromatic rings. The van der Waals surface area contributed by atoms with Crippen molar-refractivity contribution in [1.82, 2.24) is 24.9 Å². The number of rotatable bonds is 6. The zero-order chi connectivity index (χ0) is 27.2. The number of alkyl halides is 3. The summed E-state index contributed by atoms with van der Waals surface area (Å²) in [5, 5.41) is 17.5. The van der Waals surface area contributed by atoms with E-state index < -0.39 is 11.7 Å². The molecule has 2 atom stereocenters. The second-order valence-corrected chi connectivity index (χ2v) is 10.7. The Bertz CT molecular complexity index is 1200. The first-order valence-corrected chi connectivity index (χ1v) is 13.3. The van der Waals surface area contributed by atoms with Gasteiger partial charge in [-0.1, -0.05) is 6.07 Å². The van der Waals surface area contributed by atoms with E-state index in [4.69, 9.17) is 0 Å². The predicted octanol–water partition coefficient (Wildman–Crippen LogP) is 3.25. The number of hydrogen-bond acceptors (Lipinski definition) is 5. The van der Waals surface area contributed by atoms with Crippen LogP contribution >= 0.6 is 0 Å². The molecule has 1 saturated carbocycles. The first kappa shape index (κ1) is 26.7. The van der Waals surface area contributed by atoms with Crippen LogP contribution in [-0.4, -0.2) is 80.9 Å². The second-order valence-electron chi connectivity index (χ2n) is 10.7. The van der Waals surface area contributed by atoms with E-state index in [9.17, 15) is 27.9 Å². The highest BCUT2D eigenvalue weighted by molar-refractivity contribution is 5.97. The van der Waals surface area contributed by atoms with Gasteiger partial charge in [-0.2, -0.15) is 18.3 Å². The summed E-state index contributed by atoms with van der Waals surface area (Å²) < 4.78 is 41.6. The third-order valence-electron chi connectivity index (χ3n) is 8.08. The molecular weight excluding hydrogens is 499 g/mol. The summed E-state index contributed by atoms with van der Waals surface area (Å²) in [4.78, 5) is 29.4. The minimum atomic E-state index is -4.46. The number of carbonyl (C=O) groups is 2. The normalized spacial score (nSPS) is 23.2. The predicted molar refractivity (Wildman–Crippen MR) is 134 cm³/mol. The van der Waals surface area contributed by atoms with Gasteiger partial charge in [0, 0.05) is 44.6 Å². The molecule has 1 aliphatic carbocycles. The molecule has 8 nitrogen and oxygen atoms in total. The van der Waals surface area contributed by atoms with Gasteiger partial charge in [-0.3, -0.25) is 14.5 Å². The van der Waals surface area contributed by atoms with Crippen molar-refractivity contribution >= 4 is 11.8 Å². The third kappa shape index (κ3) is 5.18. The average molecular weight is 534 g/mol. The highest BCUT2D eigenvalue weighted by Gasteiger charge is 2.41. The summed E-state index contributed by atoms with van der Waals surface area (Å²) in [6, 6.07) is 5.06. The SMILES string of the molecule is CC(=O)N[C@@H]1CCN(C2CCN(C(=O)c3c(C)nn(-c4cccc(C(F)(F)F)c4)c3C3CC3)CC2)[C@@H]1CO. The van der Waals surface area contributed by atoms with Gasteiger partial charge in [0.15, 0.2) is 0 Å². The number of aliphatic hydroxyl groups is 1. The number of amides is 2. The van der Waals surface area contributed by atoms with Crippen molar-refractivity contribution in [1.29, 1.82) is 0 Å². The highest BCUT2D eigenvalue weighted by atomic mass is 19.4. The summed E-state index contributed by atoms with van der Waals surface area (Å²) in [7, 11) is 0. The van der Waals surface area contributed by atoms with Gasteiger partial charge < -0.3 is 15.3 Å². The van der Waals surface area contributed by atoms with Gasteiger partial charge in [0.1, 0.15) is 0 Å². The van der Waals surface area contributed by atoms with Crippen LogP contribution in [-0.2, 0) is 11.0 Å². The van der Waals surface area contributed by atoms with Gasteiger partial charge in [-0.15, -0.1) is 0 Å². The number of carbonyl (C=O) groups excluding carboxylic acids is 2. The topological polar surface area (TPSA) is 90.7 Å². The van der Waals surface area contributed by atoms with Crippen LogP contribution in [0.15, 0.2) is 24.3 Å². The molecule has 0 unspecified atom stereocenters. The van der Waals surface area contributed by atoms with E-state index in [1.807, 2.05) is 4.90 Å². The van der Waals surface area contributed by atoms with E-state index in [2.05, 4.69) is 15.3 Å². The van der Waals surface area contributed by atoms with Crippen molar-refractivity contribution < 1.29 is 27.9 Å². The van der Waals surface area contributed by atoms with Crippen LogP contribution in [0.1, 0.15) is 72.3 Å². The lowest BCUT2D eigenvalue weighted by atomic mass is 10.00. The summed E-state index contributed by atoms with van der Waals surface area (Å²) in [5.74, 6) is -0.136. The number of aromatic nitrogens is 2. The monoisotopic (exact) mass is 533 g/mol. The van der Waals surface area contributed by atoms with Gasteiger partial charge in [0.2, 0.25) is 5.91 Å². The molecule has 0 radical (unpaired) electrons. The van der Waals surface area contributed by atoms with Crippen molar-refractivity contribution in [3.8, 4) is 5.69 Å². The first-order chi connectivity index (χ1) is 18.1. The number of halogens is 3. The van der Waals surface area contributed by atoms with Crippen LogP contribution in [0, 0.1) is 6.92 Å². The van der Waals surface area contributed by atoms with Crippen molar-refractivity contribution in [3.63, 3.8) is 0 Å². The molecule has 1 aromatic carbocycles. The number of nitrogens with zero attached hydrogens (tertiary/aromatic N) is 4. The maximum Gasteiger partial charge on any atom is 0.416 e.